The van der Waals surface area contributed by atoms with E-state index in [1.54, 1.807) is 24.3 Å². The second-order valence-corrected chi connectivity index (χ2v) is 4.61. The molecule has 0 unspecified atom stereocenters. The summed E-state index contributed by atoms with van der Waals surface area (Å²) in [6.45, 7) is 6.46. The Morgan fingerprint density at radius 3 is 2.58 bits per heavy atom. The Kier molecular flexibility index (Phi) is 4.68. The molecule has 0 aromatic heterocycles. The Morgan fingerprint density at radius 1 is 1.26 bits per heavy atom. The van der Waals surface area contributed by atoms with Crippen LogP contribution in [0, 0.1) is 5.82 Å². The number of nitrogens with zero attached hydrogens (tertiary/aromatic N) is 2. The second-order valence-electron chi connectivity index (χ2n) is 4.61. The van der Waals surface area contributed by atoms with Crippen LogP contribution in [0.4, 0.5) is 4.39 Å². The minimum Gasteiger partial charge on any atom is -0.337 e. The molecule has 1 aromatic carbocycles. The smallest absolute Gasteiger partial charge is 0.246 e. The Bertz CT molecular complexity index is 465. The van der Waals surface area contributed by atoms with Crippen molar-refractivity contribution in [2.24, 2.45) is 0 Å². The van der Waals surface area contributed by atoms with Crippen LogP contribution in [-0.2, 0) is 4.79 Å². The van der Waals surface area contributed by atoms with Gasteiger partial charge in [0.25, 0.3) is 0 Å². The summed E-state index contributed by atoms with van der Waals surface area (Å²) in [5, 5.41) is 0. The fourth-order valence-electron chi connectivity index (χ4n) is 2.16. The first-order chi connectivity index (χ1) is 9.20. The van der Waals surface area contributed by atoms with Crippen LogP contribution in [0.1, 0.15) is 12.5 Å². The van der Waals surface area contributed by atoms with Gasteiger partial charge in [-0.1, -0.05) is 25.1 Å². The Balaban J connectivity index is 1.93. The number of carbonyl (C=O) groups is 1. The summed E-state index contributed by atoms with van der Waals surface area (Å²) < 4.78 is 13.4. The minimum atomic E-state index is -0.303. The molecular weight excluding hydrogens is 243 g/mol. The van der Waals surface area contributed by atoms with E-state index >= 15 is 0 Å². The van der Waals surface area contributed by atoms with E-state index in [9.17, 15) is 9.18 Å². The average Bonchev–Trinajstić information content (AvgIpc) is 2.46. The molecule has 4 heteroatoms. The van der Waals surface area contributed by atoms with Crippen molar-refractivity contribution in [3.8, 4) is 0 Å². The van der Waals surface area contributed by atoms with Gasteiger partial charge in [0, 0.05) is 37.8 Å². The van der Waals surface area contributed by atoms with Crippen LogP contribution in [0.25, 0.3) is 6.08 Å². The summed E-state index contributed by atoms with van der Waals surface area (Å²) in [6, 6.07) is 6.45. The monoisotopic (exact) mass is 262 g/mol. The quantitative estimate of drug-likeness (QED) is 0.778. The summed E-state index contributed by atoms with van der Waals surface area (Å²) in [5.74, 6) is -0.346. The normalized spacial score (nSPS) is 17.1. The average molecular weight is 262 g/mol. The highest BCUT2D eigenvalue weighted by atomic mass is 19.1. The zero-order valence-corrected chi connectivity index (χ0v) is 11.2. The van der Waals surface area contributed by atoms with Crippen LogP contribution in [0.15, 0.2) is 30.3 Å². The van der Waals surface area contributed by atoms with Crippen LogP contribution in [0.2, 0.25) is 0 Å². The van der Waals surface area contributed by atoms with Crippen molar-refractivity contribution in [1.82, 2.24) is 9.80 Å². The maximum Gasteiger partial charge on any atom is 0.246 e. The standard InChI is InChI=1S/C15H19FN2O/c1-2-17-9-11-18(12-10-17)15(19)8-7-13-5-3-4-6-14(13)16/h3-8H,2,9-12H2,1H3/b8-7+. The van der Waals surface area contributed by atoms with Gasteiger partial charge in [0.05, 0.1) is 0 Å². The largest absolute Gasteiger partial charge is 0.337 e. The maximum absolute atomic E-state index is 13.4. The Labute approximate surface area is 113 Å². The van der Waals surface area contributed by atoms with Crippen LogP contribution in [0.3, 0.4) is 0 Å². The SMILES string of the molecule is CCN1CCN(C(=O)/C=C/c2ccccc2F)CC1. The molecular formula is C15H19FN2O. The molecule has 1 amide bonds. The molecule has 1 heterocycles. The van der Waals surface area contributed by atoms with E-state index in [0.717, 1.165) is 32.7 Å². The molecule has 1 aromatic rings. The zero-order valence-electron chi connectivity index (χ0n) is 11.2. The fraction of sp³-hybridized carbons (Fsp3) is 0.400. The van der Waals surface area contributed by atoms with Crippen molar-refractivity contribution in [3.05, 3.63) is 41.7 Å². The van der Waals surface area contributed by atoms with Crippen LogP contribution in [-0.4, -0.2) is 48.4 Å². The summed E-state index contributed by atoms with van der Waals surface area (Å²) in [5.41, 5.74) is 0.447. The lowest BCUT2D eigenvalue weighted by atomic mass is 10.2. The third-order valence-corrected chi connectivity index (χ3v) is 3.44. The van der Waals surface area contributed by atoms with Crippen molar-refractivity contribution >= 4 is 12.0 Å². The molecule has 0 aliphatic carbocycles. The van der Waals surface area contributed by atoms with Crippen molar-refractivity contribution in [3.63, 3.8) is 0 Å². The number of amides is 1. The third-order valence-electron chi connectivity index (χ3n) is 3.44. The maximum atomic E-state index is 13.4. The van der Waals surface area contributed by atoms with Gasteiger partial charge in [-0.2, -0.15) is 0 Å². The first-order valence-electron chi connectivity index (χ1n) is 6.64. The molecule has 102 valence electrons. The summed E-state index contributed by atoms with van der Waals surface area (Å²) in [7, 11) is 0. The van der Waals surface area contributed by atoms with Gasteiger partial charge in [-0.05, 0) is 18.7 Å². The van der Waals surface area contributed by atoms with Crippen molar-refractivity contribution in [2.45, 2.75) is 6.92 Å². The predicted octanol–water partition coefficient (Wildman–Crippen LogP) is 2.00. The number of hydrogen-bond donors (Lipinski definition) is 0. The summed E-state index contributed by atoms with van der Waals surface area (Å²) >= 11 is 0. The van der Waals surface area contributed by atoms with E-state index < -0.39 is 0 Å². The lowest BCUT2D eigenvalue weighted by molar-refractivity contribution is -0.127. The lowest BCUT2D eigenvalue weighted by Gasteiger charge is -2.33. The van der Waals surface area contributed by atoms with E-state index in [0.29, 0.717) is 5.56 Å². The molecule has 2 rings (SSSR count). The number of likely N-dealkylation sites (N-methyl/N-ethyl adjacent to an activating group) is 1. The molecule has 1 fully saturated rings. The van der Waals surface area contributed by atoms with Gasteiger partial charge in [-0.15, -0.1) is 0 Å². The van der Waals surface area contributed by atoms with E-state index in [1.165, 1.54) is 12.1 Å². The van der Waals surface area contributed by atoms with E-state index in [1.807, 2.05) is 4.90 Å². The fourth-order valence-corrected chi connectivity index (χ4v) is 2.16. The molecule has 0 N–H and O–H groups in total. The number of rotatable bonds is 3. The lowest BCUT2D eigenvalue weighted by Crippen LogP contribution is -2.48. The molecule has 1 aliphatic heterocycles. The topological polar surface area (TPSA) is 23.6 Å². The van der Waals surface area contributed by atoms with E-state index in [-0.39, 0.29) is 11.7 Å². The van der Waals surface area contributed by atoms with Crippen LogP contribution < -0.4 is 0 Å². The van der Waals surface area contributed by atoms with E-state index in [2.05, 4.69) is 11.8 Å². The molecule has 1 saturated heterocycles. The van der Waals surface area contributed by atoms with Gasteiger partial charge < -0.3 is 9.80 Å². The van der Waals surface area contributed by atoms with Crippen LogP contribution >= 0.6 is 0 Å². The molecule has 0 saturated carbocycles. The number of hydrogen-bond acceptors (Lipinski definition) is 2. The van der Waals surface area contributed by atoms with Crippen molar-refractivity contribution in [2.75, 3.05) is 32.7 Å². The molecule has 1 aliphatic rings. The zero-order chi connectivity index (χ0) is 13.7. The third kappa shape index (κ3) is 3.64. The second kappa shape index (κ2) is 6.48. The van der Waals surface area contributed by atoms with Crippen LogP contribution in [0.5, 0.6) is 0 Å². The van der Waals surface area contributed by atoms with Crippen molar-refractivity contribution in [1.29, 1.82) is 0 Å². The molecule has 0 spiro atoms. The number of halogens is 1. The van der Waals surface area contributed by atoms with Gasteiger partial charge >= 0.3 is 0 Å². The molecule has 0 atom stereocenters. The first-order valence-corrected chi connectivity index (χ1v) is 6.64. The van der Waals surface area contributed by atoms with E-state index in [4.69, 9.17) is 0 Å². The van der Waals surface area contributed by atoms with Gasteiger partial charge in [-0.25, -0.2) is 4.39 Å². The van der Waals surface area contributed by atoms with Gasteiger partial charge in [0.2, 0.25) is 5.91 Å². The number of benzene rings is 1. The van der Waals surface area contributed by atoms with Gasteiger partial charge in [-0.3, -0.25) is 4.79 Å². The summed E-state index contributed by atoms with van der Waals surface area (Å²) in [6.07, 6.45) is 3.00. The molecule has 3 nitrogen and oxygen atoms in total. The highest BCUT2D eigenvalue weighted by molar-refractivity contribution is 5.91. The van der Waals surface area contributed by atoms with Gasteiger partial charge in [0.1, 0.15) is 5.82 Å². The summed E-state index contributed by atoms with van der Waals surface area (Å²) in [4.78, 5) is 16.1. The minimum absolute atomic E-state index is 0.0426. The predicted molar refractivity (Wildman–Crippen MR) is 74.1 cm³/mol. The van der Waals surface area contributed by atoms with Gasteiger partial charge in [0.15, 0.2) is 0 Å². The highest BCUT2D eigenvalue weighted by Gasteiger charge is 2.18. The number of piperazine rings is 1. The highest BCUT2D eigenvalue weighted by Crippen LogP contribution is 2.09. The number of carbonyl (C=O) groups excluding carboxylic acids is 1. The molecule has 0 bridgehead atoms. The molecule has 0 radical (unpaired) electrons. The molecule has 19 heavy (non-hydrogen) atoms. The Hall–Kier alpha value is -1.68. The van der Waals surface area contributed by atoms with Crippen molar-refractivity contribution < 1.29 is 9.18 Å². The first kappa shape index (κ1) is 13.7. The Morgan fingerprint density at radius 2 is 1.95 bits per heavy atom.